The highest BCUT2D eigenvalue weighted by molar-refractivity contribution is 7.25. The molecule has 3 heteroatoms. The molecule has 0 radical (unpaired) electrons. The van der Waals surface area contributed by atoms with Crippen LogP contribution in [0.15, 0.2) is 200 Å². The molecule has 2 aromatic heterocycles. The van der Waals surface area contributed by atoms with Gasteiger partial charge in [0, 0.05) is 55.1 Å². The van der Waals surface area contributed by atoms with Gasteiger partial charge < -0.3 is 4.90 Å². The summed E-state index contributed by atoms with van der Waals surface area (Å²) in [5.74, 6) is 0. The Morgan fingerprint density at radius 1 is 0.459 bits per heavy atom. The van der Waals surface area contributed by atoms with Crippen molar-refractivity contribution >= 4 is 48.6 Å². The van der Waals surface area contributed by atoms with Crippen LogP contribution in [-0.2, 0) is 10.8 Å². The molecule has 0 unspecified atom stereocenters. The summed E-state index contributed by atoms with van der Waals surface area (Å²) in [7, 11) is 0. The Hall–Kier alpha value is -7.07. The zero-order chi connectivity index (χ0) is 40.9. The average molecular weight is 799 g/mol. The van der Waals surface area contributed by atoms with Crippen LogP contribution < -0.4 is 4.90 Å². The molecule has 0 aliphatic heterocycles. The third-order valence-electron chi connectivity index (χ3n) is 13.1. The number of pyridine rings is 1. The summed E-state index contributed by atoms with van der Waals surface area (Å²) >= 11 is 1.87. The van der Waals surface area contributed by atoms with Gasteiger partial charge >= 0.3 is 0 Å². The Kier molecular flexibility index (Phi) is 7.92. The molecule has 2 heterocycles. The summed E-state index contributed by atoms with van der Waals surface area (Å²) in [5.41, 5.74) is 19.5. The van der Waals surface area contributed by atoms with E-state index >= 15 is 0 Å². The summed E-state index contributed by atoms with van der Waals surface area (Å²) < 4.78 is 2.60. The molecule has 0 atom stereocenters. The fraction of sp³-hybridized carbons (Fsp3) is 0.0862. The first-order valence-corrected chi connectivity index (χ1v) is 22.0. The maximum absolute atomic E-state index is 4.58. The van der Waals surface area contributed by atoms with Crippen LogP contribution in [0.5, 0.6) is 0 Å². The molecular formula is C58H42N2S. The van der Waals surface area contributed by atoms with Gasteiger partial charge in [0.2, 0.25) is 0 Å². The predicted octanol–water partition coefficient (Wildman–Crippen LogP) is 15.9. The lowest BCUT2D eigenvalue weighted by Gasteiger charge is -2.33. The lowest BCUT2D eigenvalue weighted by molar-refractivity contribution is 0.591. The Bertz CT molecular complexity index is 3300. The van der Waals surface area contributed by atoms with Gasteiger partial charge in [-0.05, 0) is 115 Å². The SMILES string of the molecule is CC(C)(C)c1ccncc1-c1ccc(N(c2ccc3c(c2)C2(c4ccccc4-c4ccccc42)c2ccccc2-3)c2ccccc2-c2cccc3sc4ccccc4c23)cc1. The van der Waals surface area contributed by atoms with E-state index in [1.165, 1.54) is 86.9 Å². The topological polar surface area (TPSA) is 16.1 Å². The number of hydrogen-bond donors (Lipinski definition) is 0. The van der Waals surface area contributed by atoms with Crippen molar-refractivity contribution in [1.29, 1.82) is 0 Å². The van der Waals surface area contributed by atoms with Crippen molar-refractivity contribution in [2.75, 3.05) is 4.90 Å². The standard InChI is InChI=1S/C58H42N2S/c1-57(2,3)48-33-34-59-36-47(48)37-27-29-38(30-28-37)60(53-24-12-7-18-44(53)45-20-14-26-55-56(45)46-19-8-13-25-54(46)61-55)39-31-32-43-42-17-6-11-23-51(42)58(52(43)35-39)49-21-9-4-15-40(49)41-16-5-10-22-50(41)58/h4-36H,1-3H3. The second kappa shape index (κ2) is 13.5. The molecule has 0 amide bonds. The highest BCUT2D eigenvalue weighted by Crippen LogP contribution is 2.63. The van der Waals surface area contributed by atoms with Crippen LogP contribution in [0.25, 0.3) is 64.7 Å². The van der Waals surface area contributed by atoms with Crippen LogP contribution in [0.1, 0.15) is 48.6 Å². The monoisotopic (exact) mass is 798 g/mol. The molecule has 1 spiro atoms. The first kappa shape index (κ1) is 35.8. The van der Waals surface area contributed by atoms with Crippen molar-refractivity contribution < 1.29 is 0 Å². The van der Waals surface area contributed by atoms with Crippen LogP contribution in [0.4, 0.5) is 17.1 Å². The van der Waals surface area contributed by atoms with Gasteiger partial charge in [-0.1, -0.05) is 160 Å². The fourth-order valence-electron chi connectivity index (χ4n) is 10.6. The lowest BCUT2D eigenvalue weighted by atomic mass is 9.70. The van der Waals surface area contributed by atoms with Crippen molar-refractivity contribution in [3.05, 3.63) is 228 Å². The number of nitrogens with zero attached hydrogens (tertiary/aromatic N) is 2. The predicted molar refractivity (Wildman–Crippen MR) is 258 cm³/mol. The number of rotatable bonds is 5. The van der Waals surface area contributed by atoms with Crippen molar-refractivity contribution in [1.82, 2.24) is 4.98 Å². The molecule has 10 aromatic rings. The van der Waals surface area contributed by atoms with Gasteiger partial charge in [-0.3, -0.25) is 4.98 Å². The van der Waals surface area contributed by atoms with E-state index in [0.717, 1.165) is 22.6 Å². The van der Waals surface area contributed by atoms with Crippen molar-refractivity contribution in [2.45, 2.75) is 31.6 Å². The Labute approximate surface area is 361 Å². The van der Waals surface area contributed by atoms with E-state index in [1.54, 1.807) is 0 Å². The fourth-order valence-corrected chi connectivity index (χ4v) is 11.7. The molecule has 0 N–H and O–H groups in total. The zero-order valence-electron chi connectivity index (χ0n) is 34.4. The zero-order valence-corrected chi connectivity index (χ0v) is 35.2. The molecule has 0 saturated carbocycles. The van der Waals surface area contributed by atoms with Crippen molar-refractivity contribution in [3.63, 3.8) is 0 Å². The maximum atomic E-state index is 4.58. The molecule has 0 bridgehead atoms. The quantitative estimate of drug-likeness (QED) is 0.172. The van der Waals surface area contributed by atoms with E-state index in [2.05, 4.69) is 219 Å². The molecule has 61 heavy (non-hydrogen) atoms. The third kappa shape index (κ3) is 5.24. The minimum Gasteiger partial charge on any atom is -0.310 e. The summed E-state index contributed by atoms with van der Waals surface area (Å²) in [6, 6.07) is 70.3. The van der Waals surface area contributed by atoms with Crippen molar-refractivity contribution in [3.8, 4) is 44.5 Å². The normalized spacial score (nSPS) is 13.3. The Morgan fingerprint density at radius 2 is 1.02 bits per heavy atom. The summed E-state index contributed by atoms with van der Waals surface area (Å²) in [6.07, 6.45) is 3.93. The van der Waals surface area contributed by atoms with Crippen molar-refractivity contribution in [2.24, 2.45) is 0 Å². The molecule has 2 nitrogen and oxygen atoms in total. The molecule has 0 saturated heterocycles. The number of fused-ring (bicyclic) bond motifs is 13. The molecule has 2 aliphatic carbocycles. The van der Waals surface area contributed by atoms with E-state index in [1.807, 2.05) is 23.7 Å². The van der Waals surface area contributed by atoms with Gasteiger partial charge in [0.15, 0.2) is 0 Å². The number of hydrogen-bond acceptors (Lipinski definition) is 3. The Morgan fingerprint density at radius 3 is 1.70 bits per heavy atom. The number of thiophene rings is 1. The highest BCUT2D eigenvalue weighted by Gasteiger charge is 2.51. The molecule has 290 valence electrons. The second-order valence-electron chi connectivity index (χ2n) is 17.5. The number of aromatic nitrogens is 1. The van der Waals surface area contributed by atoms with Gasteiger partial charge in [-0.2, -0.15) is 0 Å². The molecule has 8 aromatic carbocycles. The minimum absolute atomic E-state index is 0.0236. The minimum atomic E-state index is -0.449. The van der Waals surface area contributed by atoms with Gasteiger partial charge in [-0.15, -0.1) is 11.3 Å². The van der Waals surface area contributed by atoms with Gasteiger partial charge in [0.1, 0.15) is 0 Å². The van der Waals surface area contributed by atoms with E-state index < -0.39 is 5.41 Å². The molecule has 2 aliphatic rings. The van der Waals surface area contributed by atoms with Crippen LogP contribution in [0, 0.1) is 0 Å². The average Bonchev–Trinajstić information content (AvgIpc) is 3.93. The third-order valence-corrected chi connectivity index (χ3v) is 14.3. The van der Waals surface area contributed by atoms with Gasteiger partial charge in [0.25, 0.3) is 0 Å². The van der Waals surface area contributed by atoms with E-state index in [0.29, 0.717) is 0 Å². The van der Waals surface area contributed by atoms with Gasteiger partial charge in [-0.25, -0.2) is 0 Å². The van der Waals surface area contributed by atoms with Gasteiger partial charge in [0.05, 0.1) is 11.1 Å². The lowest BCUT2D eigenvalue weighted by Crippen LogP contribution is -2.26. The second-order valence-corrected chi connectivity index (χ2v) is 18.5. The van der Waals surface area contributed by atoms with Crippen LogP contribution in [0.3, 0.4) is 0 Å². The smallest absolute Gasteiger partial charge is 0.0726 e. The van der Waals surface area contributed by atoms with E-state index in [9.17, 15) is 0 Å². The van der Waals surface area contributed by atoms with Crippen LogP contribution in [-0.4, -0.2) is 4.98 Å². The number of para-hydroxylation sites is 1. The summed E-state index contributed by atoms with van der Waals surface area (Å²) in [6.45, 7) is 6.82. The maximum Gasteiger partial charge on any atom is 0.0726 e. The highest BCUT2D eigenvalue weighted by atomic mass is 32.1. The molecule has 0 fully saturated rings. The summed E-state index contributed by atoms with van der Waals surface area (Å²) in [4.78, 5) is 7.07. The molecular weight excluding hydrogens is 757 g/mol. The first-order chi connectivity index (χ1) is 29.9. The molecule has 12 rings (SSSR count). The van der Waals surface area contributed by atoms with E-state index in [4.69, 9.17) is 0 Å². The largest absolute Gasteiger partial charge is 0.310 e. The first-order valence-electron chi connectivity index (χ1n) is 21.2. The number of benzene rings is 8. The number of anilines is 3. The van der Waals surface area contributed by atoms with Crippen LogP contribution in [0.2, 0.25) is 0 Å². The Balaban J connectivity index is 1.12. The summed E-state index contributed by atoms with van der Waals surface area (Å²) in [5, 5.41) is 2.60. The van der Waals surface area contributed by atoms with Crippen LogP contribution >= 0.6 is 11.3 Å². The van der Waals surface area contributed by atoms with E-state index in [-0.39, 0.29) is 5.41 Å².